The Balaban J connectivity index is 1.46. The average molecular weight is 541 g/mol. The molecule has 206 valence electrons. The van der Waals surface area contributed by atoms with Crippen molar-refractivity contribution in [1.29, 1.82) is 0 Å². The Morgan fingerprint density at radius 1 is 1.02 bits per heavy atom. The number of amides is 1. The first-order chi connectivity index (χ1) is 19.4. The zero-order chi connectivity index (χ0) is 28.2. The molecule has 40 heavy (non-hydrogen) atoms. The number of Topliss-reactive ketones (excluding diaryl/α,β-unsaturated/α-hetero) is 1. The summed E-state index contributed by atoms with van der Waals surface area (Å²) in [5.74, 6) is -0.515. The Hall–Kier alpha value is -4.56. The zero-order valence-electron chi connectivity index (χ0n) is 22.8. The van der Waals surface area contributed by atoms with Crippen LogP contribution in [0.1, 0.15) is 34.1 Å². The van der Waals surface area contributed by atoms with Gasteiger partial charge in [0.1, 0.15) is 12.4 Å². The van der Waals surface area contributed by atoms with Crippen LogP contribution in [-0.2, 0) is 11.4 Å². The van der Waals surface area contributed by atoms with Crippen molar-refractivity contribution in [1.82, 2.24) is 9.80 Å². The number of benzene rings is 3. The van der Waals surface area contributed by atoms with Gasteiger partial charge < -0.3 is 28.8 Å². The van der Waals surface area contributed by atoms with Gasteiger partial charge in [0.25, 0.3) is 5.91 Å². The summed E-state index contributed by atoms with van der Waals surface area (Å²) in [6, 6.07) is 23.3. The van der Waals surface area contributed by atoms with Crippen molar-refractivity contribution in [3.8, 4) is 11.5 Å². The molecule has 8 heteroatoms. The largest absolute Gasteiger partial charge is 0.503 e. The first-order valence-electron chi connectivity index (χ1n) is 13.1. The summed E-state index contributed by atoms with van der Waals surface area (Å²) < 4.78 is 17.2. The highest BCUT2D eigenvalue weighted by Gasteiger charge is 2.44. The molecule has 5 rings (SSSR count). The van der Waals surface area contributed by atoms with E-state index in [-0.39, 0.29) is 11.3 Å². The fourth-order valence-corrected chi connectivity index (χ4v) is 4.95. The van der Waals surface area contributed by atoms with Crippen LogP contribution in [0.5, 0.6) is 11.5 Å². The van der Waals surface area contributed by atoms with E-state index in [0.29, 0.717) is 47.6 Å². The number of carbonyl (C=O) groups is 2. The molecule has 0 bridgehead atoms. The minimum Gasteiger partial charge on any atom is -0.503 e. The van der Waals surface area contributed by atoms with Gasteiger partial charge in [0.05, 0.1) is 18.7 Å². The number of hydrogen-bond acceptors (Lipinski definition) is 7. The molecule has 1 unspecified atom stereocenters. The Labute approximate surface area is 233 Å². The summed E-state index contributed by atoms with van der Waals surface area (Å²) in [5.41, 5.74) is 2.15. The van der Waals surface area contributed by atoms with Crippen LogP contribution in [-0.4, -0.2) is 60.9 Å². The molecule has 2 heterocycles. The smallest absolute Gasteiger partial charge is 0.290 e. The van der Waals surface area contributed by atoms with Crippen LogP contribution in [0.4, 0.5) is 0 Å². The van der Waals surface area contributed by atoms with E-state index in [1.54, 1.807) is 23.1 Å². The second kappa shape index (κ2) is 11.7. The highest BCUT2D eigenvalue weighted by atomic mass is 16.5. The van der Waals surface area contributed by atoms with Gasteiger partial charge in [-0.3, -0.25) is 9.59 Å². The molecule has 0 saturated carbocycles. The predicted octanol–water partition coefficient (Wildman–Crippen LogP) is 5.55. The summed E-state index contributed by atoms with van der Waals surface area (Å²) in [6.45, 7) is 1.53. The van der Waals surface area contributed by atoms with Crippen LogP contribution in [0.2, 0.25) is 0 Å². The Morgan fingerprint density at radius 2 is 1.77 bits per heavy atom. The number of aliphatic hydroxyl groups excluding tert-OH is 1. The van der Waals surface area contributed by atoms with Crippen molar-refractivity contribution in [3.63, 3.8) is 0 Å². The van der Waals surface area contributed by atoms with Crippen molar-refractivity contribution in [3.05, 3.63) is 107 Å². The first kappa shape index (κ1) is 27.0. The number of para-hydroxylation sites is 1. The molecule has 1 N–H and O–H groups in total. The van der Waals surface area contributed by atoms with Crippen molar-refractivity contribution in [2.24, 2.45) is 0 Å². The molecule has 0 fully saturated rings. The summed E-state index contributed by atoms with van der Waals surface area (Å²) in [5, 5.41) is 11.7. The number of fused-ring (bicyclic) bond motifs is 1. The maximum absolute atomic E-state index is 13.8. The van der Waals surface area contributed by atoms with E-state index in [9.17, 15) is 14.7 Å². The van der Waals surface area contributed by atoms with E-state index in [2.05, 4.69) is 0 Å². The molecule has 3 aromatic carbocycles. The maximum Gasteiger partial charge on any atom is 0.290 e. The monoisotopic (exact) mass is 540 g/mol. The third kappa shape index (κ3) is 5.44. The van der Waals surface area contributed by atoms with E-state index in [4.69, 9.17) is 13.9 Å². The molecule has 0 radical (unpaired) electrons. The van der Waals surface area contributed by atoms with Gasteiger partial charge in [-0.25, -0.2) is 0 Å². The van der Waals surface area contributed by atoms with Gasteiger partial charge in [-0.1, -0.05) is 54.6 Å². The van der Waals surface area contributed by atoms with Gasteiger partial charge >= 0.3 is 0 Å². The third-order valence-corrected chi connectivity index (χ3v) is 6.95. The summed E-state index contributed by atoms with van der Waals surface area (Å²) in [4.78, 5) is 30.7. The zero-order valence-corrected chi connectivity index (χ0v) is 22.8. The van der Waals surface area contributed by atoms with E-state index in [1.807, 2.05) is 79.7 Å². The normalized spacial score (nSPS) is 15.3. The van der Waals surface area contributed by atoms with Gasteiger partial charge in [-0.05, 0) is 62.5 Å². The molecule has 1 aliphatic rings. The van der Waals surface area contributed by atoms with Crippen LogP contribution >= 0.6 is 0 Å². The highest BCUT2D eigenvalue weighted by Crippen LogP contribution is 2.40. The van der Waals surface area contributed by atoms with Crippen molar-refractivity contribution in [2.75, 3.05) is 34.3 Å². The second-order valence-electron chi connectivity index (χ2n) is 9.98. The number of nitrogens with zero attached hydrogens (tertiary/aromatic N) is 2. The SMILES string of the molecule is COc1cccc2cc(C(=O)C3=C(O)C(=O)N(CCCN(C)C)C3c3ccc(OCc4ccccc4)cc3)oc12. The van der Waals surface area contributed by atoms with Crippen molar-refractivity contribution in [2.45, 2.75) is 19.1 Å². The lowest BCUT2D eigenvalue weighted by atomic mass is 9.95. The van der Waals surface area contributed by atoms with Gasteiger partial charge in [0.15, 0.2) is 22.9 Å². The molecule has 1 atom stereocenters. The number of hydrogen-bond donors (Lipinski definition) is 1. The molecular formula is C32H32N2O6. The van der Waals surface area contributed by atoms with Crippen LogP contribution in [0.25, 0.3) is 11.0 Å². The molecule has 4 aromatic rings. The molecule has 0 spiro atoms. The summed E-state index contributed by atoms with van der Waals surface area (Å²) in [6.07, 6.45) is 0.671. The topological polar surface area (TPSA) is 92.5 Å². The van der Waals surface area contributed by atoms with Gasteiger partial charge in [0, 0.05) is 11.9 Å². The minimum absolute atomic E-state index is 0.00849. The van der Waals surface area contributed by atoms with Gasteiger partial charge in [0.2, 0.25) is 5.78 Å². The quantitative estimate of drug-likeness (QED) is 0.249. The summed E-state index contributed by atoms with van der Waals surface area (Å²) >= 11 is 0. The Kier molecular flexibility index (Phi) is 7.89. The number of rotatable bonds is 11. The molecule has 0 aliphatic carbocycles. The Morgan fingerprint density at radius 3 is 2.48 bits per heavy atom. The lowest BCUT2D eigenvalue weighted by Gasteiger charge is -2.27. The third-order valence-electron chi connectivity index (χ3n) is 6.95. The molecule has 1 aromatic heterocycles. The summed E-state index contributed by atoms with van der Waals surface area (Å²) in [7, 11) is 5.44. The van der Waals surface area contributed by atoms with E-state index < -0.39 is 23.5 Å². The van der Waals surface area contributed by atoms with E-state index in [1.165, 1.54) is 7.11 Å². The lowest BCUT2D eigenvalue weighted by molar-refractivity contribution is -0.129. The number of ketones is 1. The number of ether oxygens (including phenoxy) is 2. The number of carbonyl (C=O) groups excluding carboxylic acids is 2. The molecular weight excluding hydrogens is 508 g/mol. The molecule has 0 saturated heterocycles. The van der Waals surface area contributed by atoms with Crippen LogP contribution in [0.15, 0.2) is 94.6 Å². The number of furan rings is 1. The maximum atomic E-state index is 13.8. The minimum atomic E-state index is -0.777. The lowest BCUT2D eigenvalue weighted by Crippen LogP contribution is -2.33. The van der Waals surface area contributed by atoms with Crippen molar-refractivity contribution < 1.29 is 28.6 Å². The average Bonchev–Trinajstić information content (AvgIpc) is 3.51. The fourth-order valence-electron chi connectivity index (χ4n) is 4.95. The fraction of sp³-hybridized carbons (Fsp3) is 0.250. The van der Waals surface area contributed by atoms with Gasteiger partial charge in [-0.15, -0.1) is 0 Å². The predicted molar refractivity (Wildman–Crippen MR) is 152 cm³/mol. The van der Waals surface area contributed by atoms with Crippen molar-refractivity contribution >= 4 is 22.7 Å². The number of methoxy groups -OCH3 is 1. The molecule has 8 nitrogen and oxygen atoms in total. The molecule has 1 amide bonds. The van der Waals surface area contributed by atoms with Crippen LogP contribution in [0, 0.1) is 0 Å². The standard InChI is InChI=1S/C32H32N2O6/c1-33(2)17-8-18-34-28(22-13-15-24(16-14-22)39-20-21-9-5-4-6-10-21)27(30(36)32(34)37)29(35)26-19-23-11-7-12-25(38-3)31(23)40-26/h4-7,9-16,19,28,36H,8,17-18,20H2,1-3H3. The van der Waals surface area contributed by atoms with E-state index in [0.717, 1.165) is 12.1 Å². The van der Waals surface area contributed by atoms with Gasteiger partial charge in [-0.2, -0.15) is 0 Å². The van der Waals surface area contributed by atoms with Crippen LogP contribution < -0.4 is 9.47 Å². The number of aliphatic hydroxyl groups is 1. The van der Waals surface area contributed by atoms with E-state index >= 15 is 0 Å². The first-order valence-corrected chi connectivity index (χ1v) is 13.1. The Bertz CT molecular complexity index is 1540. The second-order valence-corrected chi connectivity index (χ2v) is 9.98. The molecule has 1 aliphatic heterocycles. The highest BCUT2D eigenvalue weighted by molar-refractivity contribution is 6.16. The van der Waals surface area contributed by atoms with Crippen LogP contribution in [0.3, 0.4) is 0 Å².